The molecular weight excluding hydrogens is 398 g/mol. The van der Waals surface area contributed by atoms with Gasteiger partial charge < -0.3 is 10.1 Å². The lowest BCUT2D eigenvalue weighted by Gasteiger charge is -2.41. The third kappa shape index (κ3) is 3.54. The van der Waals surface area contributed by atoms with Gasteiger partial charge in [0.2, 0.25) is 5.91 Å². The highest BCUT2D eigenvalue weighted by atomic mass is 16.5. The molecule has 3 heterocycles. The van der Waals surface area contributed by atoms with E-state index in [0.29, 0.717) is 22.9 Å². The summed E-state index contributed by atoms with van der Waals surface area (Å²) in [6, 6.07) is 12.3. The maximum Gasteiger partial charge on any atom is 0.342 e. The van der Waals surface area contributed by atoms with Gasteiger partial charge >= 0.3 is 5.97 Å². The smallest absolute Gasteiger partial charge is 0.342 e. The van der Waals surface area contributed by atoms with Crippen molar-refractivity contribution < 1.29 is 19.1 Å². The van der Waals surface area contributed by atoms with E-state index < -0.39 is 24.0 Å². The number of anilines is 2. The molecule has 31 heavy (non-hydrogen) atoms. The van der Waals surface area contributed by atoms with Crippen LogP contribution in [0.2, 0.25) is 0 Å². The lowest BCUT2D eigenvalue weighted by molar-refractivity contribution is -0.128. The molecule has 1 aliphatic rings. The number of para-hydroxylation sites is 2. The first-order chi connectivity index (χ1) is 14.8. The number of benzene rings is 1. The summed E-state index contributed by atoms with van der Waals surface area (Å²) in [6.07, 6.45) is 3.01. The molecule has 4 rings (SSSR count). The number of ether oxygens (including phenoxy) is 1. The van der Waals surface area contributed by atoms with Crippen LogP contribution in [0.4, 0.5) is 11.4 Å². The SMILES string of the molecule is Cc1c(C(=O)OCC(=O)N2c3ccccc3NC(=O)C2(C)C)cnn1-c1ccccn1. The third-order valence-electron chi connectivity index (χ3n) is 5.18. The van der Waals surface area contributed by atoms with Crippen molar-refractivity contribution in [3.63, 3.8) is 0 Å². The molecule has 0 radical (unpaired) electrons. The summed E-state index contributed by atoms with van der Waals surface area (Å²) in [4.78, 5) is 43.7. The number of rotatable bonds is 4. The molecule has 0 bridgehead atoms. The van der Waals surface area contributed by atoms with Crippen LogP contribution in [-0.2, 0) is 14.3 Å². The molecular formula is C22H21N5O4. The summed E-state index contributed by atoms with van der Waals surface area (Å²) in [5, 5.41) is 6.99. The second-order valence-electron chi connectivity index (χ2n) is 7.58. The van der Waals surface area contributed by atoms with E-state index in [1.165, 1.54) is 15.8 Å². The molecule has 0 aliphatic carbocycles. The molecule has 0 spiro atoms. The number of pyridine rings is 1. The van der Waals surface area contributed by atoms with Crippen LogP contribution in [0.5, 0.6) is 0 Å². The Morgan fingerprint density at radius 3 is 2.61 bits per heavy atom. The van der Waals surface area contributed by atoms with E-state index in [2.05, 4.69) is 15.4 Å². The molecule has 9 nitrogen and oxygen atoms in total. The van der Waals surface area contributed by atoms with Gasteiger partial charge in [-0.2, -0.15) is 5.10 Å². The first-order valence-corrected chi connectivity index (χ1v) is 9.67. The molecule has 2 amide bonds. The van der Waals surface area contributed by atoms with Crippen molar-refractivity contribution >= 4 is 29.2 Å². The number of aromatic nitrogens is 3. The van der Waals surface area contributed by atoms with E-state index in [0.717, 1.165) is 0 Å². The Hall–Kier alpha value is -4.01. The molecule has 2 aromatic heterocycles. The molecule has 158 valence electrons. The second kappa shape index (κ2) is 7.67. The highest BCUT2D eigenvalue weighted by Crippen LogP contribution is 2.36. The minimum absolute atomic E-state index is 0.231. The number of carbonyl (C=O) groups is 3. The largest absolute Gasteiger partial charge is 0.452 e. The van der Waals surface area contributed by atoms with Gasteiger partial charge in [-0.05, 0) is 45.0 Å². The maximum atomic E-state index is 13.0. The number of carbonyl (C=O) groups excluding carboxylic acids is 3. The summed E-state index contributed by atoms with van der Waals surface area (Å²) in [5.41, 5.74) is 0.706. The van der Waals surface area contributed by atoms with Crippen LogP contribution in [0.25, 0.3) is 5.82 Å². The Kier molecular flexibility index (Phi) is 5.02. The van der Waals surface area contributed by atoms with Crippen LogP contribution in [-0.4, -0.2) is 44.7 Å². The Balaban J connectivity index is 1.52. The third-order valence-corrected chi connectivity index (χ3v) is 5.18. The molecule has 3 aromatic rings. The summed E-state index contributed by atoms with van der Waals surface area (Å²) in [7, 11) is 0. The highest BCUT2D eigenvalue weighted by molar-refractivity contribution is 6.14. The quantitative estimate of drug-likeness (QED) is 0.651. The highest BCUT2D eigenvalue weighted by Gasteiger charge is 2.43. The zero-order valence-electron chi connectivity index (χ0n) is 17.3. The number of nitrogens with zero attached hydrogens (tertiary/aromatic N) is 4. The molecule has 9 heteroatoms. The Labute approximate surface area is 178 Å². The molecule has 1 aliphatic heterocycles. The van der Waals surface area contributed by atoms with Crippen LogP contribution in [0.15, 0.2) is 54.9 Å². The van der Waals surface area contributed by atoms with E-state index >= 15 is 0 Å². The Morgan fingerprint density at radius 1 is 1.13 bits per heavy atom. The molecule has 0 saturated carbocycles. The fourth-order valence-corrected chi connectivity index (χ4v) is 3.49. The fraction of sp³-hybridized carbons (Fsp3) is 0.227. The second-order valence-corrected chi connectivity index (χ2v) is 7.58. The standard InChI is InChI=1S/C22H21N5O4/c1-14-15(12-24-27(14)18-10-6-7-11-23-18)20(29)31-13-19(28)26-17-9-5-4-8-16(17)25-21(30)22(26,2)3/h4-12H,13H2,1-3H3,(H,25,30). The fourth-order valence-electron chi connectivity index (χ4n) is 3.49. The first-order valence-electron chi connectivity index (χ1n) is 9.67. The number of hydrogen-bond donors (Lipinski definition) is 1. The molecule has 1 N–H and O–H groups in total. The number of hydrogen-bond acceptors (Lipinski definition) is 6. The van der Waals surface area contributed by atoms with Gasteiger partial charge in [-0.3, -0.25) is 14.5 Å². The molecule has 0 saturated heterocycles. The lowest BCUT2D eigenvalue weighted by atomic mass is 9.96. The van der Waals surface area contributed by atoms with Gasteiger partial charge in [-0.1, -0.05) is 18.2 Å². The van der Waals surface area contributed by atoms with E-state index in [1.807, 2.05) is 6.07 Å². The van der Waals surface area contributed by atoms with Gasteiger partial charge in [0.15, 0.2) is 12.4 Å². The predicted octanol–water partition coefficient (Wildman–Crippen LogP) is 2.50. The number of fused-ring (bicyclic) bond motifs is 1. The van der Waals surface area contributed by atoms with Crippen LogP contribution < -0.4 is 10.2 Å². The minimum Gasteiger partial charge on any atom is -0.452 e. The molecule has 0 atom stereocenters. The van der Waals surface area contributed by atoms with Crippen molar-refractivity contribution in [2.75, 3.05) is 16.8 Å². The van der Waals surface area contributed by atoms with Crippen molar-refractivity contribution in [3.8, 4) is 5.82 Å². The van der Waals surface area contributed by atoms with Gasteiger partial charge in [-0.25, -0.2) is 14.5 Å². The van der Waals surface area contributed by atoms with E-state index in [9.17, 15) is 14.4 Å². The van der Waals surface area contributed by atoms with E-state index in [1.54, 1.807) is 63.4 Å². The number of esters is 1. The first kappa shape index (κ1) is 20.3. The van der Waals surface area contributed by atoms with Crippen LogP contribution in [0.3, 0.4) is 0 Å². The van der Waals surface area contributed by atoms with Gasteiger partial charge in [0.05, 0.1) is 23.3 Å². The van der Waals surface area contributed by atoms with Gasteiger partial charge in [-0.15, -0.1) is 0 Å². The average Bonchev–Trinajstić information content (AvgIpc) is 3.14. The van der Waals surface area contributed by atoms with Crippen molar-refractivity contribution in [1.82, 2.24) is 14.8 Å². The maximum absolute atomic E-state index is 13.0. The van der Waals surface area contributed by atoms with Crippen molar-refractivity contribution in [3.05, 3.63) is 66.1 Å². The summed E-state index contributed by atoms with van der Waals surface area (Å²) < 4.78 is 6.80. The van der Waals surface area contributed by atoms with Gasteiger partial charge in [0, 0.05) is 6.20 Å². The zero-order chi connectivity index (χ0) is 22.2. The lowest BCUT2D eigenvalue weighted by Crippen LogP contribution is -2.59. The monoisotopic (exact) mass is 419 g/mol. The van der Waals surface area contributed by atoms with Crippen LogP contribution in [0.1, 0.15) is 29.9 Å². The minimum atomic E-state index is -1.14. The number of amides is 2. The van der Waals surface area contributed by atoms with Gasteiger partial charge in [0.1, 0.15) is 11.1 Å². The van der Waals surface area contributed by atoms with Crippen molar-refractivity contribution in [2.45, 2.75) is 26.3 Å². The normalized spacial score (nSPS) is 14.5. The molecule has 1 aromatic carbocycles. The van der Waals surface area contributed by atoms with Crippen LogP contribution in [0, 0.1) is 6.92 Å². The Morgan fingerprint density at radius 2 is 1.87 bits per heavy atom. The molecule has 0 unspecified atom stereocenters. The topological polar surface area (TPSA) is 106 Å². The summed E-state index contributed by atoms with van der Waals surface area (Å²) >= 11 is 0. The van der Waals surface area contributed by atoms with Gasteiger partial charge in [0.25, 0.3) is 5.91 Å². The van der Waals surface area contributed by atoms with E-state index in [4.69, 9.17) is 4.74 Å². The van der Waals surface area contributed by atoms with E-state index in [-0.39, 0.29) is 11.5 Å². The molecule has 0 fully saturated rings. The Bertz CT molecular complexity index is 1170. The summed E-state index contributed by atoms with van der Waals surface area (Å²) in [6.45, 7) is 4.48. The van der Waals surface area contributed by atoms with Crippen molar-refractivity contribution in [1.29, 1.82) is 0 Å². The van der Waals surface area contributed by atoms with Crippen LogP contribution >= 0.6 is 0 Å². The average molecular weight is 419 g/mol. The predicted molar refractivity (Wildman–Crippen MR) is 113 cm³/mol. The van der Waals surface area contributed by atoms with Crippen molar-refractivity contribution in [2.24, 2.45) is 0 Å². The summed E-state index contributed by atoms with van der Waals surface area (Å²) in [5.74, 6) is -0.942. The number of nitrogens with one attached hydrogen (secondary N) is 1. The zero-order valence-corrected chi connectivity index (χ0v) is 17.3.